The van der Waals surface area contributed by atoms with Crippen LogP contribution >= 0.6 is 0 Å². The zero-order valence-corrected chi connectivity index (χ0v) is 21.3. The first-order valence-corrected chi connectivity index (χ1v) is 12.4. The van der Waals surface area contributed by atoms with E-state index in [-0.39, 0.29) is 12.3 Å². The Bertz CT molecular complexity index is 1470. The molecule has 5 rings (SSSR count). The van der Waals surface area contributed by atoms with Gasteiger partial charge in [-0.3, -0.25) is 9.48 Å². The summed E-state index contributed by atoms with van der Waals surface area (Å²) < 4.78 is 3.48. The SMILES string of the molecule is CCC(C)(O)CC(=O)N1CCN(c2ccc(-c3cc(-c4cnn(C)c4)cn4ncc(C#N)c34)cn2)CC1. The van der Waals surface area contributed by atoms with Gasteiger partial charge >= 0.3 is 0 Å². The summed E-state index contributed by atoms with van der Waals surface area (Å²) in [6.07, 6.45) is 9.72. The average molecular weight is 499 g/mol. The molecule has 190 valence electrons. The molecule has 0 radical (unpaired) electrons. The van der Waals surface area contributed by atoms with E-state index in [0.717, 1.165) is 33.6 Å². The number of piperazine rings is 1. The molecule has 0 saturated carbocycles. The molecule has 0 aromatic carbocycles. The lowest BCUT2D eigenvalue weighted by Crippen LogP contribution is -2.50. The molecule has 1 atom stereocenters. The summed E-state index contributed by atoms with van der Waals surface area (Å²) in [5.41, 5.74) is 3.92. The number of amides is 1. The molecule has 37 heavy (non-hydrogen) atoms. The Kier molecular flexibility index (Phi) is 6.39. The fourth-order valence-corrected chi connectivity index (χ4v) is 4.63. The molecule has 0 bridgehead atoms. The summed E-state index contributed by atoms with van der Waals surface area (Å²) >= 11 is 0. The Labute approximate surface area is 215 Å². The van der Waals surface area contributed by atoms with Crippen molar-refractivity contribution in [3.8, 4) is 28.3 Å². The van der Waals surface area contributed by atoms with Crippen molar-refractivity contribution in [2.24, 2.45) is 7.05 Å². The van der Waals surface area contributed by atoms with Crippen molar-refractivity contribution < 1.29 is 9.90 Å². The fourth-order valence-electron chi connectivity index (χ4n) is 4.63. The van der Waals surface area contributed by atoms with E-state index in [9.17, 15) is 15.2 Å². The molecule has 1 unspecified atom stereocenters. The number of nitriles is 1. The minimum atomic E-state index is -0.966. The van der Waals surface area contributed by atoms with Crippen LogP contribution in [0.2, 0.25) is 0 Å². The third kappa shape index (κ3) is 4.90. The van der Waals surface area contributed by atoms with E-state index in [0.29, 0.717) is 38.2 Å². The van der Waals surface area contributed by atoms with Crippen molar-refractivity contribution in [2.45, 2.75) is 32.3 Å². The zero-order valence-electron chi connectivity index (χ0n) is 21.3. The molecule has 1 amide bonds. The number of pyridine rings is 2. The lowest BCUT2D eigenvalue weighted by molar-refractivity contribution is -0.136. The standard InChI is InChI=1S/C27H30N8O2/c1-4-27(2,37)12-25(36)34-9-7-33(8-10-34)24-6-5-19(14-29-24)23-11-20(22-16-30-32(3)17-22)18-35-26(23)21(13-28)15-31-35/h5-6,11,14-18,37H,4,7-10,12H2,1-3H3. The topological polar surface area (TPSA) is 116 Å². The number of aryl methyl sites for hydroxylation is 1. The summed E-state index contributed by atoms with van der Waals surface area (Å²) in [6, 6.07) is 8.27. The monoisotopic (exact) mass is 498 g/mol. The number of aliphatic hydroxyl groups is 1. The Morgan fingerprint density at radius 3 is 2.49 bits per heavy atom. The maximum atomic E-state index is 12.6. The average Bonchev–Trinajstić information content (AvgIpc) is 3.54. The van der Waals surface area contributed by atoms with Crippen LogP contribution in [-0.2, 0) is 11.8 Å². The van der Waals surface area contributed by atoms with Crippen molar-refractivity contribution in [3.05, 3.63) is 54.7 Å². The van der Waals surface area contributed by atoms with Gasteiger partial charge in [-0.25, -0.2) is 9.50 Å². The van der Waals surface area contributed by atoms with Gasteiger partial charge in [-0.1, -0.05) is 6.92 Å². The largest absolute Gasteiger partial charge is 0.390 e. The van der Waals surface area contributed by atoms with Crippen LogP contribution < -0.4 is 4.90 Å². The minimum absolute atomic E-state index is 0.0126. The highest BCUT2D eigenvalue weighted by Gasteiger charge is 2.28. The second-order valence-corrected chi connectivity index (χ2v) is 9.81. The van der Waals surface area contributed by atoms with E-state index in [1.807, 2.05) is 55.7 Å². The van der Waals surface area contributed by atoms with Crippen molar-refractivity contribution in [2.75, 3.05) is 31.1 Å². The maximum absolute atomic E-state index is 12.6. The van der Waals surface area contributed by atoms with Gasteiger partial charge in [-0.05, 0) is 31.5 Å². The lowest BCUT2D eigenvalue weighted by Gasteiger charge is -2.36. The summed E-state index contributed by atoms with van der Waals surface area (Å²) in [7, 11) is 1.87. The van der Waals surface area contributed by atoms with Crippen LogP contribution in [0.25, 0.3) is 27.8 Å². The molecule has 4 aromatic rings. The van der Waals surface area contributed by atoms with Crippen LogP contribution in [0.5, 0.6) is 0 Å². The van der Waals surface area contributed by atoms with E-state index in [1.54, 1.807) is 28.5 Å². The van der Waals surface area contributed by atoms with Crippen molar-refractivity contribution in [3.63, 3.8) is 0 Å². The molecule has 10 nitrogen and oxygen atoms in total. The molecule has 1 N–H and O–H groups in total. The summed E-state index contributed by atoms with van der Waals surface area (Å²) in [4.78, 5) is 21.3. The molecule has 10 heteroatoms. The molecule has 0 aliphatic carbocycles. The molecular formula is C27H30N8O2. The van der Waals surface area contributed by atoms with E-state index >= 15 is 0 Å². The Hall–Kier alpha value is -4.23. The number of hydrogen-bond acceptors (Lipinski definition) is 7. The first kappa shape index (κ1) is 24.5. The number of anilines is 1. The van der Waals surface area contributed by atoms with E-state index in [1.165, 1.54) is 0 Å². The van der Waals surface area contributed by atoms with Crippen LogP contribution in [0.4, 0.5) is 5.82 Å². The van der Waals surface area contributed by atoms with Gasteiger partial charge in [0.1, 0.15) is 11.9 Å². The van der Waals surface area contributed by atoms with Crippen LogP contribution in [0.15, 0.2) is 49.2 Å². The molecule has 4 aromatic heterocycles. The molecule has 5 heterocycles. The van der Waals surface area contributed by atoms with Crippen LogP contribution in [0.1, 0.15) is 32.3 Å². The van der Waals surface area contributed by atoms with E-state index in [4.69, 9.17) is 4.98 Å². The Morgan fingerprint density at radius 1 is 1.08 bits per heavy atom. The number of carbonyl (C=O) groups is 1. The highest BCUT2D eigenvalue weighted by atomic mass is 16.3. The van der Waals surface area contributed by atoms with Crippen molar-refractivity contribution >= 4 is 17.2 Å². The second kappa shape index (κ2) is 9.67. The number of aromatic nitrogens is 5. The van der Waals surface area contributed by atoms with Gasteiger partial charge in [0.2, 0.25) is 5.91 Å². The van der Waals surface area contributed by atoms with Crippen LogP contribution in [0, 0.1) is 11.3 Å². The van der Waals surface area contributed by atoms with E-state index < -0.39 is 5.60 Å². The van der Waals surface area contributed by atoms with Gasteiger partial charge in [-0.2, -0.15) is 15.5 Å². The van der Waals surface area contributed by atoms with Gasteiger partial charge in [-0.15, -0.1) is 0 Å². The molecule has 1 aliphatic heterocycles. The van der Waals surface area contributed by atoms with Crippen LogP contribution in [0.3, 0.4) is 0 Å². The first-order valence-electron chi connectivity index (χ1n) is 12.4. The number of nitrogens with zero attached hydrogens (tertiary/aromatic N) is 8. The van der Waals surface area contributed by atoms with Crippen LogP contribution in [-0.4, -0.2) is 72.1 Å². The highest BCUT2D eigenvalue weighted by Crippen LogP contribution is 2.32. The Balaban J connectivity index is 1.37. The summed E-state index contributed by atoms with van der Waals surface area (Å²) in [5, 5.41) is 28.6. The second-order valence-electron chi connectivity index (χ2n) is 9.81. The molecule has 1 saturated heterocycles. The maximum Gasteiger partial charge on any atom is 0.225 e. The molecule has 0 spiro atoms. The summed E-state index contributed by atoms with van der Waals surface area (Å²) in [6.45, 7) is 6.13. The van der Waals surface area contributed by atoms with Crippen molar-refractivity contribution in [1.29, 1.82) is 5.26 Å². The van der Waals surface area contributed by atoms with Gasteiger partial charge in [0.05, 0.1) is 35.5 Å². The summed E-state index contributed by atoms with van der Waals surface area (Å²) in [5.74, 6) is 0.825. The lowest BCUT2D eigenvalue weighted by atomic mass is 9.98. The third-order valence-electron chi connectivity index (χ3n) is 7.08. The van der Waals surface area contributed by atoms with E-state index in [2.05, 4.69) is 21.2 Å². The number of fused-ring (bicyclic) bond motifs is 1. The van der Waals surface area contributed by atoms with Gasteiger partial charge in [0.15, 0.2) is 0 Å². The number of rotatable bonds is 6. The number of hydrogen-bond donors (Lipinski definition) is 1. The smallest absolute Gasteiger partial charge is 0.225 e. The molecule has 1 fully saturated rings. The quantitative estimate of drug-likeness (QED) is 0.435. The fraction of sp³-hybridized carbons (Fsp3) is 0.370. The Morgan fingerprint density at radius 2 is 1.86 bits per heavy atom. The first-order chi connectivity index (χ1) is 17.8. The van der Waals surface area contributed by atoms with Gasteiger partial charge in [0.25, 0.3) is 0 Å². The highest BCUT2D eigenvalue weighted by molar-refractivity contribution is 5.87. The molecule has 1 aliphatic rings. The minimum Gasteiger partial charge on any atom is -0.390 e. The van der Waals surface area contributed by atoms with Gasteiger partial charge < -0.3 is 14.9 Å². The predicted molar refractivity (Wildman–Crippen MR) is 140 cm³/mol. The molecular weight excluding hydrogens is 468 g/mol. The number of carbonyl (C=O) groups excluding carboxylic acids is 1. The normalized spacial score (nSPS) is 15.5. The van der Waals surface area contributed by atoms with Crippen molar-refractivity contribution in [1.82, 2.24) is 29.3 Å². The van der Waals surface area contributed by atoms with Gasteiger partial charge in [0, 0.05) is 74.1 Å². The zero-order chi connectivity index (χ0) is 26.2. The third-order valence-corrected chi connectivity index (χ3v) is 7.08. The predicted octanol–water partition coefficient (Wildman–Crippen LogP) is 2.87.